The fraction of sp³-hybridized carbons (Fsp3) is 0.0714. The third-order valence-corrected chi connectivity index (χ3v) is 3.31. The highest BCUT2D eigenvalue weighted by Crippen LogP contribution is 2.25. The molecule has 2 aromatic rings. The predicted octanol–water partition coefficient (Wildman–Crippen LogP) is 3.25. The molecule has 0 aliphatic rings. The zero-order valence-electron chi connectivity index (χ0n) is 10.1. The normalized spacial score (nSPS) is 10.3. The van der Waals surface area contributed by atoms with Crippen LogP contribution in [0.25, 0.3) is 0 Å². The van der Waals surface area contributed by atoms with Crippen LogP contribution in [0.5, 0.6) is 5.75 Å². The van der Waals surface area contributed by atoms with Gasteiger partial charge in [-0.05, 0) is 59.0 Å². The van der Waals surface area contributed by atoms with E-state index in [0.717, 1.165) is 3.57 Å². The lowest BCUT2D eigenvalue weighted by atomic mass is 10.0. The predicted molar refractivity (Wildman–Crippen MR) is 80.0 cm³/mol. The maximum atomic E-state index is 13.7. The smallest absolute Gasteiger partial charge is 0.199 e. The minimum atomic E-state index is -0.597. The van der Waals surface area contributed by atoms with E-state index in [4.69, 9.17) is 10.5 Å². The first-order valence-electron chi connectivity index (χ1n) is 5.46. The molecule has 3 nitrogen and oxygen atoms in total. The Labute approximate surface area is 123 Å². The number of ketones is 1. The molecule has 0 saturated heterocycles. The molecule has 2 N–H and O–H groups in total. The number of rotatable bonds is 3. The SMILES string of the molecule is COc1ccc(I)cc1C(=O)c1cc(N)ccc1F. The number of carbonyl (C=O) groups is 1. The first-order chi connectivity index (χ1) is 9.02. The third-order valence-electron chi connectivity index (χ3n) is 2.64. The standard InChI is InChI=1S/C14H11FINO2/c1-19-13-5-2-8(16)6-11(13)14(18)10-7-9(17)3-4-12(10)15/h2-7H,17H2,1H3. The lowest BCUT2D eigenvalue weighted by Gasteiger charge is -2.09. The van der Waals surface area contributed by atoms with Gasteiger partial charge in [0, 0.05) is 9.26 Å². The second-order valence-electron chi connectivity index (χ2n) is 3.91. The number of hydrogen-bond donors (Lipinski definition) is 1. The Hall–Kier alpha value is -1.63. The Kier molecular flexibility index (Phi) is 4.04. The molecule has 0 saturated carbocycles. The van der Waals surface area contributed by atoms with Crippen molar-refractivity contribution in [3.63, 3.8) is 0 Å². The molecular formula is C14H11FINO2. The van der Waals surface area contributed by atoms with E-state index in [1.807, 2.05) is 6.07 Å². The number of halogens is 2. The van der Waals surface area contributed by atoms with E-state index in [2.05, 4.69) is 22.6 Å². The molecule has 0 bridgehead atoms. The quantitative estimate of drug-likeness (QED) is 0.512. The van der Waals surface area contributed by atoms with Gasteiger partial charge in [-0.25, -0.2) is 4.39 Å². The van der Waals surface area contributed by atoms with Crippen LogP contribution in [0, 0.1) is 9.39 Å². The molecule has 19 heavy (non-hydrogen) atoms. The average molecular weight is 371 g/mol. The number of anilines is 1. The molecule has 0 aliphatic heterocycles. The van der Waals surface area contributed by atoms with Gasteiger partial charge < -0.3 is 10.5 Å². The number of methoxy groups -OCH3 is 1. The van der Waals surface area contributed by atoms with E-state index in [-0.39, 0.29) is 5.56 Å². The van der Waals surface area contributed by atoms with Crippen molar-refractivity contribution in [3.05, 3.63) is 56.9 Å². The molecular weight excluding hydrogens is 360 g/mol. The summed E-state index contributed by atoms with van der Waals surface area (Å²) in [6.45, 7) is 0. The van der Waals surface area contributed by atoms with Gasteiger partial charge in [-0.2, -0.15) is 0 Å². The number of ether oxygens (including phenoxy) is 1. The van der Waals surface area contributed by atoms with E-state index >= 15 is 0 Å². The largest absolute Gasteiger partial charge is 0.496 e. The summed E-state index contributed by atoms with van der Waals surface area (Å²) in [6.07, 6.45) is 0. The molecule has 98 valence electrons. The number of nitrogen functional groups attached to an aromatic ring is 1. The van der Waals surface area contributed by atoms with Crippen molar-refractivity contribution in [1.29, 1.82) is 0 Å². The van der Waals surface area contributed by atoms with Crippen LogP contribution in [0.3, 0.4) is 0 Å². The average Bonchev–Trinajstić information content (AvgIpc) is 2.40. The molecule has 0 unspecified atom stereocenters. The number of benzene rings is 2. The van der Waals surface area contributed by atoms with Gasteiger partial charge in [0.2, 0.25) is 0 Å². The topological polar surface area (TPSA) is 52.3 Å². The lowest BCUT2D eigenvalue weighted by molar-refractivity contribution is 0.103. The molecule has 5 heteroatoms. The highest BCUT2D eigenvalue weighted by Gasteiger charge is 2.18. The maximum absolute atomic E-state index is 13.7. The van der Waals surface area contributed by atoms with Crippen molar-refractivity contribution in [2.24, 2.45) is 0 Å². The van der Waals surface area contributed by atoms with Crippen LogP contribution in [-0.4, -0.2) is 12.9 Å². The lowest BCUT2D eigenvalue weighted by Crippen LogP contribution is -2.07. The van der Waals surface area contributed by atoms with Crippen LogP contribution < -0.4 is 10.5 Å². The summed E-state index contributed by atoms with van der Waals surface area (Å²) >= 11 is 2.08. The zero-order chi connectivity index (χ0) is 14.0. The number of carbonyl (C=O) groups excluding carboxylic acids is 1. The fourth-order valence-corrected chi connectivity index (χ4v) is 2.21. The summed E-state index contributed by atoms with van der Waals surface area (Å²) in [5.41, 5.74) is 6.20. The Balaban J connectivity index is 2.55. The van der Waals surface area contributed by atoms with Gasteiger partial charge in [-0.15, -0.1) is 0 Å². The zero-order valence-corrected chi connectivity index (χ0v) is 12.3. The molecule has 0 atom stereocenters. The Morgan fingerprint density at radius 1 is 1.21 bits per heavy atom. The van der Waals surface area contributed by atoms with Gasteiger partial charge in [0.05, 0.1) is 18.2 Å². The fourth-order valence-electron chi connectivity index (χ4n) is 1.72. The van der Waals surface area contributed by atoms with E-state index < -0.39 is 11.6 Å². The highest BCUT2D eigenvalue weighted by molar-refractivity contribution is 14.1. The number of hydrogen-bond acceptors (Lipinski definition) is 3. The van der Waals surface area contributed by atoms with Gasteiger partial charge in [-0.3, -0.25) is 4.79 Å². The highest BCUT2D eigenvalue weighted by atomic mass is 127. The Morgan fingerprint density at radius 3 is 2.63 bits per heavy atom. The van der Waals surface area contributed by atoms with Crippen molar-refractivity contribution in [2.75, 3.05) is 12.8 Å². The molecule has 0 heterocycles. The van der Waals surface area contributed by atoms with Crippen molar-refractivity contribution in [3.8, 4) is 5.75 Å². The monoisotopic (exact) mass is 371 g/mol. The molecule has 0 amide bonds. The van der Waals surface area contributed by atoms with Crippen LogP contribution in [0.2, 0.25) is 0 Å². The molecule has 2 rings (SSSR count). The molecule has 0 radical (unpaired) electrons. The van der Waals surface area contributed by atoms with Gasteiger partial charge in [0.1, 0.15) is 11.6 Å². The minimum absolute atomic E-state index is 0.0553. The van der Waals surface area contributed by atoms with Crippen LogP contribution in [0.15, 0.2) is 36.4 Å². The first kappa shape index (κ1) is 13.8. The molecule has 0 fully saturated rings. The van der Waals surface area contributed by atoms with Gasteiger partial charge in [0.15, 0.2) is 5.78 Å². The van der Waals surface area contributed by atoms with Gasteiger partial charge in [0.25, 0.3) is 0 Å². The summed E-state index contributed by atoms with van der Waals surface area (Å²) in [5.74, 6) is -0.632. The first-order valence-corrected chi connectivity index (χ1v) is 6.54. The molecule has 2 aromatic carbocycles. The molecule has 0 aliphatic carbocycles. The van der Waals surface area contributed by atoms with Gasteiger partial charge >= 0.3 is 0 Å². The summed E-state index contributed by atoms with van der Waals surface area (Å²) in [5, 5.41) is 0. The second-order valence-corrected chi connectivity index (χ2v) is 5.16. The van der Waals surface area contributed by atoms with Crippen LogP contribution >= 0.6 is 22.6 Å². The molecule has 0 spiro atoms. The van der Waals surface area contributed by atoms with Crippen molar-refractivity contribution in [2.45, 2.75) is 0 Å². The van der Waals surface area contributed by atoms with E-state index in [1.54, 1.807) is 12.1 Å². The third kappa shape index (κ3) is 2.86. The summed E-state index contributed by atoms with van der Waals surface area (Å²) in [6, 6.07) is 9.08. The van der Waals surface area contributed by atoms with Crippen LogP contribution in [0.4, 0.5) is 10.1 Å². The number of nitrogens with two attached hydrogens (primary N) is 1. The van der Waals surface area contributed by atoms with Crippen molar-refractivity contribution < 1.29 is 13.9 Å². The van der Waals surface area contributed by atoms with Gasteiger partial charge in [-0.1, -0.05) is 0 Å². The van der Waals surface area contributed by atoms with Crippen molar-refractivity contribution >= 4 is 34.1 Å². The van der Waals surface area contributed by atoms with E-state index in [0.29, 0.717) is 17.0 Å². The van der Waals surface area contributed by atoms with Crippen LogP contribution in [-0.2, 0) is 0 Å². The Bertz CT molecular complexity index is 643. The summed E-state index contributed by atoms with van der Waals surface area (Å²) in [4.78, 5) is 12.4. The summed E-state index contributed by atoms with van der Waals surface area (Å²) in [7, 11) is 1.47. The van der Waals surface area contributed by atoms with Crippen molar-refractivity contribution in [1.82, 2.24) is 0 Å². The Morgan fingerprint density at radius 2 is 1.95 bits per heavy atom. The summed E-state index contributed by atoms with van der Waals surface area (Å²) < 4.78 is 19.7. The van der Waals surface area contributed by atoms with E-state index in [9.17, 15) is 9.18 Å². The van der Waals surface area contributed by atoms with Crippen LogP contribution in [0.1, 0.15) is 15.9 Å². The molecule has 0 aromatic heterocycles. The maximum Gasteiger partial charge on any atom is 0.199 e. The van der Waals surface area contributed by atoms with E-state index in [1.165, 1.54) is 25.3 Å². The minimum Gasteiger partial charge on any atom is -0.496 e. The second kappa shape index (κ2) is 5.56.